The first-order chi connectivity index (χ1) is 11.6. The second-order valence-electron chi connectivity index (χ2n) is 5.19. The number of rotatable bonds is 3. The van der Waals surface area contributed by atoms with E-state index in [1.807, 2.05) is 6.92 Å². The molecule has 4 rings (SSSR count). The van der Waals surface area contributed by atoms with E-state index in [1.54, 1.807) is 13.0 Å². The second kappa shape index (κ2) is 5.22. The molecule has 1 aromatic carbocycles. The zero-order chi connectivity index (χ0) is 16.8. The van der Waals surface area contributed by atoms with Crippen molar-refractivity contribution in [3.8, 4) is 11.5 Å². The van der Waals surface area contributed by atoms with Crippen LogP contribution in [0.25, 0.3) is 16.7 Å². The molecule has 124 valence electrons. The number of H-pyrrole nitrogens is 1. The number of fused-ring (bicyclic) bond motifs is 5. The number of hydrogen-bond donors (Lipinski definition) is 1. The van der Waals surface area contributed by atoms with Crippen molar-refractivity contribution >= 4 is 22.6 Å². The molecule has 1 N–H and O–H groups in total. The van der Waals surface area contributed by atoms with Crippen LogP contribution in [0.2, 0.25) is 0 Å². The van der Waals surface area contributed by atoms with Gasteiger partial charge in [0.1, 0.15) is 5.52 Å². The highest BCUT2D eigenvalue weighted by Gasteiger charge is 2.25. The maximum absolute atomic E-state index is 12.5. The van der Waals surface area contributed by atoms with E-state index in [9.17, 15) is 9.59 Å². The monoisotopic (exact) mass is 330 g/mol. The van der Waals surface area contributed by atoms with Gasteiger partial charge in [-0.3, -0.25) is 9.78 Å². The van der Waals surface area contributed by atoms with E-state index in [1.165, 1.54) is 4.52 Å². The van der Waals surface area contributed by atoms with Crippen LogP contribution in [0.5, 0.6) is 11.5 Å². The number of aryl methyl sites for hydroxylation is 1. The van der Waals surface area contributed by atoms with E-state index in [0.717, 1.165) is 5.56 Å². The number of ether oxygens (including phenoxy) is 3. The smallest absolute Gasteiger partial charge is 0.378 e. The van der Waals surface area contributed by atoms with Crippen LogP contribution in [0.15, 0.2) is 10.9 Å². The third-order valence-corrected chi connectivity index (χ3v) is 3.83. The second-order valence-corrected chi connectivity index (χ2v) is 5.19. The topological polar surface area (TPSA) is 108 Å². The van der Waals surface area contributed by atoms with Gasteiger partial charge in [0.25, 0.3) is 11.4 Å². The zero-order valence-electron chi connectivity index (χ0n) is 13.1. The van der Waals surface area contributed by atoms with E-state index in [2.05, 4.69) is 15.1 Å². The molecule has 1 aliphatic rings. The van der Waals surface area contributed by atoms with Crippen molar-refractivity contribution in [2.24, 2.45) is 0 Å². The summed E-state index contributed by atoms with van der Waals surface area (Å²) in [4.78, 5) is 31.1. The Balaban J connectivity index is 2.11. The Bertz CT molecular complexity index is 1040. The molecule has 3 heterocycles. The first kappa shape index (κ1) is 14.5. The number of benzene rings is 1. The Labute approximate surface area is 135 Å². The number of carbonyl (C=O) groups excluding carboxylic acids is 1. The van der Waals surface area contributed by atoms with Crippen molar-refractivity contribution in [3.05, 3.63) is 27.8 Å². The molecule has 24 heavy (non-hydrogen) atoms. The van der Waals surface area contributed by atoms with Gasteiger partial charge in [0.2, 0.25) is 12.6 Å². The number of nitrogens with zero attached hydrogens (tertiary/aromatic N) is 3. The molecule has 0 saturated carbocycles. The maximum atomic E-state index is 12.5. The molecule has 0 atom stereocenters. The summed E-state index contributed by atoms with van der Waals surface area (Å²) in [6.07, 6.45) is 0.626. The molecule has 0 amide bonds. The van der Waals surface area contributed by atoms with Crippen molar-refractivity contribution in [1.82, 2.24) is 19.6 Å². The SMILES string of the molecule is CCOC(=O)c1nc2[nH]c(=O)c3c(CC)cc4c(c3n2n1)OCO4. The minimum atomic E-state index is -0.657. The first-order valence-corrected chi connectivity index (χ1v) is 7.55. The third-order valence-electron chi connectivity index (χ3n) is 3.83. The van der Waals surface area contributed by atoms with Gasteiger partial charge in [-0.15, -0.1) is 5.10 Å². The maximum Gasteiger partial charge on any atom is 0.378 e. The van der Waals surface area contributed by atoms with E-state index < -0.39 is 5.97 Å². The van der Waals surface area contributed by atoms with Gasteiger partial charge in [0.15, 0.2) is 11.5 Å². The fourth-order valence-electron chi connectivity index (χ4n) is 2.81. The Morgan fingerprint density at radius 2 is 2.25 bits per heavy atom. The standard InChI is InChI=1S/C15H14N4O5/c1-3-7-5-8-11(24-6-23-8)10-9(7)13(20)17-15-16-12(18-19(10)15)14(21)22-4-2/h5H,3-4,6H2,1-2H3,(H,16,17,18,20). The number of nitrogens with one attached hydrogen (secondary N) is 1. The van der Waals surface area contributed by atoms with Gasteiger partial charge in [0.05, 0.1) is 12.0 Å². The Morgan fingerprint density at radius 3 is 3.00 bits per heavy atom. The number of aromatic nitrogens is 4. The third kappa shape index (κ3) is 1.94. The largest absolute Gasteiger partial charge is 0.460 e. The van der Waals surface area contributed by atoms with Crippen LogP contribution in [-0.4, -0.2) is 39.0 Å². The molecule has 9 heteroatoms. The minimum Gasteiger partial charge on any atom is -0.460 e. The first-order valence-electron chi connectivity index (χ1n) is 7.55. The van der Waals surface area contributed by atoms with E-state index in [4.69, 9.17) is 14.2 Å². The van der Waals surface area contributed by atoms with E-state index in [-0.39, 0.29) is 30.6 Å². The lowest BCUT2D eigenvalue weighted by atomic mass is 10.1. The molecule has 0 spiro atoms. The number of carbonyl (C=O) groups is 1. The summed E-state index contributed by atoms with van der Waals surface area (Å²) >= 11 is 0. The van der Waals surface area contributed by atoms with Gasteiger partial charge >= 0.3 is 5.97 Å². The van der Waals surface area contributed by atoms with Crippen LogP contribution in [-0.2, 0) is 11.2 Å². The van der Waals surface area contributed by atoms with E-state index in [0.29, 0.717) is 28.8 Å². The highest BCUT2D eigenvalue weighted by molar-refractivity contribution is 5.92. The molecule has 0 radical (unpaired) electrons. The van der Waals surface area contributed by atoms with Crippen LogP contribution >= 0.6 is 0 Å². The van der Waals surface area contributed by atoms with Gasteiger partial charge < -0.3 is 14.2 Å². The Morgan fingerprint density at radius 1 is 1.42 bits per heavy atom. The molecule has 0 fully saturated rings. The van der Waals surface area contributed by atoms with Crippen molar-refractivity contribution < 1.29 is 19.0 Å². The molecule has 0 unspecified atom stereocenters. The number of esters is 1. The minimum absolute atomic E-state index is 0.0608. The molecule has 0 aliphatic carbocycles. The van der Waals surface area contributed by atoms with Crippen molar-refractivity contribution in [1.29, 1.82) is 0 Å². The van der Waals surface area contributed by atoms with E-state index >= 15 is 0 Å². The lowest BCUT2D eigenvalue weighted by molar-refractivity contribution is 0.0512. The van der Waals surface area contributed by atoms with Crippen LogP contribution in [0.1, 0.15) is 30.0 Å². The predicted molar refractivity (Wildman–Crippen MR) is 82.6 cm³/mol. The van der Waals surface area contributed by atoms with Crippen molar-refractivity contribution in [2.75, 3.05) is 13.4 Å². The van der Waals surface area contributed by atoms with Crippen molar-refractivity contribution in [3.63, 3.8) is 0 Å². The quantitative estimate of drug-likeness (QED) is 0.715. The lowest BCUT2D eigenvalue weighted by Gasteiger charge is -2.08. The zero-order valence-corrected chi connectivity index (χ0v) is 13.1. The molecular formula is C15H14N4O5. The fraction of sp³-hybridized carbons (Fsp3) is 0.333. The summed E-state index contributed by atoms with van der Waals surface area (Å²) in [5.41, 5.74) is 0.907. The average molecular weight is 330 g/mol. The molecule has 0 bridgehead atoms. The lowest BCUT2D eigenvalue weighted by Crippen LogP contribution is -2.13. The molecule has 0 saturated heterocycles. The Hall–Kier alpha value is -3.10. The summed E-state index contributed by atoms with van der Waals surface area (Å²) in [5, 5.41) is 4.62. The summed E-state index contributed by atoms with van der Waals surface area (Å²) in [5.74, 6) is 0.310. The predicted octanol–water partition coefficient (Wildman–Crippen LogP) is 1.04. The molecule has 9 nitrogen and oxygen atoms in total. The van der Waals surface area contributed by atoms with Gasteiger partial charge in [-0.05, 0) is 25.0 Å². The summed E-state index contributed by atoms with van der Waals surface area (Å²) < 4.78 is 17.3. The molecule has 2 aromatic heterocycles. The van der Waals surface area contributed by atoms with Crippen LogP contribution < -0.4 is 15.0 Å². The van der Waals surface area contributed by atoms with Gasteiger partial charge in [-0.2, -0.15) is 9.50 Å². The summed E-state index contributed by atoms with van der Waals surface area (Å²) in [6, 6.07) is 1.79. The molecular weight excluding hydrogens is 316 g/mol. The van der Waals surface area contributed by atoms with Crippen LogP contribution in [0.4, 0.5) is 0 Å². The number of hydrogen-bond acceptors (Lipinski definition) is 7. The van der Waals surface area contributed by atoms with Gasteiger partial charge in [-0.25, -0.2) is 4.79 Å². The van der Waals surface area contributed by atoms with Crippen LogP contribution in [0, 0.1) is 0 Å². The fourth-order valence-corrected chi connectivity index (χ4v) is 2.81. The molecule has 1 aliphatic heterocycles. The normalized spacial score (nSPS) is 12.9. The van der Waals surface area contributed by atoms with Gasteiger partial charge in [0, 0.05) is 0 Å². The Kier molecular flexibility index (Phi) is 3.15. The highest BCUT2D eigenvalue weighted by Crippen LogP contribution is 2.40. The average Bonchev–Trinajstić information content (AvgIpc) is 3.19. The highest BCUT2D eigenvalue weighted by atomic mass is 16.7. The number of aromatic amines is 1. The van der Waals surface area contributed by atoms with Crippen molar-refractivity contribution in [2.45, 2.75) is 20.3 Å². The summed E-state index contributed by atoms with van der Waals surface area (Å²) in [7, 11) is 0. The summed E-state index contributed by atoms with van der Waals surface area (Å²) in [6.45, 7) is 3.89. The van der Waals surface area contributed by atoms with Crippen LogP contribution in [0.3, 0.4) is 0 Å². The van der Waals surface area contributed by atoms with Gasteiger partial charge in [-0.1, -0.05) is 6.92 Å². The molecule has 3 aromatic rings.